The maximum Gasteiger partial charge on any atom is 1.00 e. The fraction of sp³-hybridized carbons (Fsp3) is 1.00. The first-order valence-electron chi connectivity index (χ1n) is 2.66. The Kier molecular flexibility index (Phi) is 5.38. The zero-order valence-electron chi connectivity index (χ0n) is 9.41. The van der Waals surface area contributed by atoms with Crippen LogP contribution in [0.3, 0.4) is 0 Å². The minimum atomic E-state index is 0. The van der Waals surface area contributed by atoms with Gasteiger partial charge in [-0.15, -0.1) is 0 Å². The van der Waals surface area contributed by atoms with Crippen LogP contribution in [-0.2, 0) is 4.74 Å². The summed E-state index contributed by atoms with van der Waals surface area (Å²) in [5.41, 5.74) is 0.292. The normalized spacial score (nSPS) is 25.3. The van der Waals surface area contributed by atoms with Gasteiger partial charge in [0.15, 0.2) is 0 Å². The van der Waals surface area contributed by atoms with Gasteiger partial charge in [0.2, 0.25) is 0 Å². The molecule has 0 spiro atoms. The summed E-state index contributed by atoms with van der Waals surface area (Å²) in [6, 6.07) is 0. The molecule has 1 nitrogen and oxygen atoms in total. The van der Waals surface area contributed by atoms with E-state index >= 15 is 0 Å². The molecule has 0 radical (unpaired) electrons. The van der Waals surface area contributed by atoms with Gasteiger partial charge >= 0.3 is 59.1 Å². The van der Waals surface area contributed by atoms with E-state index in [2.05, 4.69) is 27.7 Å². The molecule has 3 heteroatoms. The van der Waals surface area contributed by atoms with Crippen molar-refractivity contribution in [1.82, 2.24) is 0 Å². The van der Waals surface area contributed by atoms with Gasteiger partial charge in [0.1, 0.15) is 0 Å². The molecule has 0 unspecified atom stereocenters. The Bertz CT molecular complexity index is 94.8. The smallest absolute Gasteiger partial charge is 1.00 e. The first-order valence-corrected chi connectivity index (χ1v) is 2.66. The first kappa shape index (κ1) is 13.5. The van der Waals surface area contributed by atoms with Gasteiger partial charge in [-0.25, -0.2) is 0 Å². The van der Waals surface area contributed by atoms with Crippen molar-refractivity contribution in [3.8, 4) is 0 Å². The molecule has 0 aromatic rings. The summed E-state index contributed by atoms with van der Waals surface area (Å²) in [5.74, 6) is 0. The molecule has 46 valence electrons. The molecule has 0 aliphatic carbocycles. The van der Waals surface area contributed by atoms with E-state index in [0.29, 0.717) is 0 Å². The van der Waals surface area contributed by atoms with Gasteiger partial charge < -0.3 is 7.59 Å². The van der Waals surface area contributed by atoms with Crippen molar-refractivity contribution in [2.45, 2.75) is 38.9 Å². The third-order valence-electron chi connectivity index (χ3n) is 1.92. The van der Waals surface area contributed by atoms with Crippen LogP contribution in [0.2, 0.25) is 0 Å². The molecular formula is C6H14Na2O. The zero-order valence-corrected chi connectivity index (χ0v) is 11.4. The Morgan fingerprint density at radius 2 is 1.00 bits per heavy atom. The van der Waals surface area contributed by atoms with Crippen LogP contribution in [0, 0.1) is 0 Å². The Hall–Kier alpha value is 1.96. The van der Waals surface area contributed by atoms with E-state index in [1.165, 1.54) is 0 Å². The third-order valence-corrected chi connectivity index (χ3v) is 1.92. The molecule has 9 heavy (non-hydrogen) atoms. The maximum atomic E-state index is 5.29. The molecule has 0 amide bonds. The van der Waals surface area contributed by atoms with E-state index in [1.54, 1.807) is 0 Å². The van der Waals surface area contributed by atoms with E-state index in [4.69, 9.17) is 4.74 Å². The summed E-state index contributed by atoms with van der Waals surface area (Å²) in [7, 11) is 0. The predicted molar refractivity (Wildman–Crippen MR) is 31.5 cm³/mol. The van der Waals surface area contributed by atoms with Gasteiger partial charge in [-0.2, -0.15) is 0 Å². The van der Waals surface area contributed by atoms with Crippen molar-refractivity contribution in [1.29, 1.82) is 0 Å². The van der Waals surface area contributed by atoms with Gasteiger partial charge in [-0.05, 0) is 27.7 Å². The van der Waals surface area contributed by atoms with Crippen LogP contribution >= 0.6 is 0 Å². The second-order valence-electron chi connectivity index (χ2n) is 3.12. The number of ether oxygens (including phenoxy) is 1. The third kappa shape index (κ3) is 2.82. The summed E-state index contributed by atoms with van der Waals surface area (Å²) in [4.78, 5) is 0. The Morgan fingerprint density at radius 1 is 0.889 bits per heavy atom. The molecule has 1 aliphatic heterocycles. The Balaban J connectivity index is -0.0000000612. The monoisotopic (exact) mass is 148 g/mol. The predicted octanol–water partition coefficient (Wildman–Crippen LogP) is -4.19. The SMILES string of the molecule is CC1(C)OC1(C)C.[H-].[H-].[Na+].[Na+]. The van der Waals surface area contributed by atoms with Gasteiger partial charge in [0.25, 0.3) is 0 Å². The van der Waals surface area contributed by atoms with E-state index in [0.717, 1.165) is 0 Å². The largest absolute Gasteiger partial charge is 1.00 e. The minimum Gasteiger partial charge on any atom is -1.00 e. The molecule has 1 aliphatic rings. The molecule has 0 saturated carbocycles. The van der Waals surface area contributed by atoms with Crippen LogP contribution in [-0.4, -0.2) is 11.2 Å². The van der Waals surface area contributed by atoms with Crippen LogP contribution in [0.25, 0.3) is 0 Å². The fourth-order valence-corrected chi connectivity index (χ4v) is 0.612. The Morgan fingerprint density at radius 3 is 1.00 bits per heavy atom. The molecule has 0 N–H and O–H groups in total. The summed E-state index contributed by atoms with van der Waals surface area (Å²) >= 11 is 0. The van der Waals surface area contributed by atoms with Crippen molar-refractivity contribution < 1.29 is 66.7 Å². The zero-order chi connectivity index (χ0) is 5.71. The van der Waals surface area contributed by atoms with Crippen molar-refractivity contribution in [2.75, 3.05) is 0 Å². The van der Waals surface area contributed by atoms with Crippen molar-refractivity contribution in [3.05, 3.63) is 0 Å². The second-order valence-corrected chi connectivity index (χ2v) is 3.12. The number of hydrogen-bond acceptors (Lipinski definition) is 1. The van der Waals surface area contributed by atoms with Gasteiger partial charge in [0.05, 0.1) is 11.2 Å². The van der Waals surface area contributed by atoms with Crippen LogP contribution in [0.5, 0.6) is 0 Å². The van der Waals surface area contributed by atoms with Crippen LogP contribution < -0.4 is 59.1 Å². The second kappa shape index (κ2) is 3.57. The van der Waals surface area contributed by atoms with Gasteiger partial charge in [0, 0.05) is 0 Å². The summed E-state index contributed by atoms with van der Waals surface area (Å²) in [6.07, 6.45) is 0. The molecule has 1 saturated heterocycles. The topological polar surface area (TPSA) is 12.5 Å². The number of epoxide rings is 1. The van der Waals surface area contributed by atoms with Crippen LogP contribution in [0.4, 0.5) is 0 Å². The summed E-state index contributed by atoms with van der Waals surface area (Å²) < 4.78 is 5.29. The average Bonchev–Trinajstić information content (AvgIpc) is 1.63. The fourth-order valence-electron chi connectivity index (χ4n) is 0.612. The summed E-state index contributed by atoms with van der Waals surface area (Å²) in [6.45, 7) is 8.42. The number of hydrogen-bond donors (Lipinski definition) is 0. The van der Waals surface area contributed by atoms with Crippen molar-refractivity contribution in [3.63, 3.8) is 0 Å². The molecular weight excluding hydrogens is 134 g/mol. The van der Waals surface area contributed by atoms with Gasteiger partial charge in [-0.3, -0.25) is 0 Å². The van der Waals surface area contributed by atoms with E-state index in [1.807, 2.05) is 0 Å². The van der Waals surface area contributed by atoms with E-state index < -0.39 is 0 Å². The Labute approximate surface area is 104 Å². The summed E-state index contributed by atoms with van der Waals surface area (Å²) in [5, 5.41) is 0. The van der Waals surface area contributed by atoms with Crippen molar-refractivity contribution in [2.24, 2.45) is 0 Å². The average molecular weight is 148 g/mol. The molecule has 1 heterocycles. The quantitative estimate of drug-likeness (QED) is 0.251. The van der Waals surface area contributed by atoms with Crippen LogP contribution in [0.15, 0.2) is 0 Å². The molecule has 0 aromatic carbocycles. The minimum absolute atomic E-state index is 0. The standard InChI is InChI=1S/C6H12O.2Na.2H/c1-5(2)6(3,4)7-5;;;;/h1-4H3;;;;/q;2*+1;2*-1. The molecule has 0 aromatic heterocycles. The van der Waals surface area contributed by atoms with Crippen LogP contribution in [0.1, 0.15) is 30.5 Å². The molecule has 1 rings (SSSR count). The molecule has 0 atom stereocenters. The van der Waals surface area contributed by atoms with E-state index in [-0.39, 0.29) is 73.2 Å². The molecule has 1 fully saturated rings. The van der Waals surface area contributed by atoms with E-state index in [9.17, 15) is 0 Å². The maximum absolute atomic E-state index is 5.29. The van der Waals surface area contributed by atoms with Crippen molar-refractivity contribution >= 4 is 0 Å². The first-order chi connectivity index (χ1) is 2.96. The van der Waals surface area contributed by atoms with Gasteiger partial charge in [-0.1, -0.05) is 0 Å². The number of rotatable bonds is 0. The molecule has 0 bridgehead atoms.